The lowest BCUT2D eigenvalue weighted by atomic mass is 10.0. The molecule has 0 saturated carbocycles. The monoisotopic (exact) mass is 164 g/mol. The van der Waals surface area contributed by atoms with Gasteiger partial charge in [0.15, 0.2) is 6.54 Å². The van der Waals surface area contributed by atoms with Gasteiger partial charge in [-0.1, -0.05) is 12.1 Å². The quantitative estimate of drug-likeness (QED) is 0.512. The predicted octanol–water partition coefficient (Wildman–Crippen LogP) is 1.59. The fraction of sp³-hybridized carbons (Fsp3) is 0.300. The minimum absolute atomic E-state index is 0.0964. The highest BCUT2D eigenvalue weighted by Crippen LogP contribution is 2.18. The summed E-state index contributed by atoms with van der Waals surface area (Å²) in [6.07, 6.45) is 0.913. The SMILES string of the molecule is C=[N+]1CCc2cccc(F)c2C1. The van der Waals surface area contributed by atoms with Crippen molar-refractivity contribution in [1.29, 1.82) is 0 Å². The maximum absolute atomic E-state index is 13.2. The summed E-state index contributed by atoms with van der Waals surface area (Å²) in [4.78, 5) is 0. The third-order valence-corrected chi connectivity index (χ3v) is 2.29. The molecule has 0 atom stereocenters. The second kappa shape index (κ2) is 2.70. The van der Waals surface area contributed by atoms with E-state index in [1.807, 2.05) is 10.6 Å². The lowest BCUT2D eigenvalue weighted by Crippen LogP contribution is -2.21. The molecule has 0 aliphatic carbocycles. The summed E-state index contributed by atoms with van der Waals surface area (Å²) in [7, 11) is 0. The molecule has 1 aliphatic heterocycles. The van der Waals surface area contributed by atoms with E-state index in [0.29, 0.717) is 6.54 Å². The number of rotatable bonds is 0. The highest BCUT2D eigenvalue weighted by atomic mass is 19.1. The van der Waals surface area contributed by atoms with Crippen LogP contribution in [0.1, 0.15) is 11.1 Å². The third-order valence-electron chi connectivity index (χ3n) is 2.29. The van der Waals surface area contributed by atoms with Gasteiger partial charge < -0.3 is 0 Å². The summed E-state index contributed by atoms with van der Waals surface area (Å²) in [6.45, 7) is 5.37. The van der Waals surface area contributed by atoms with Crippen LogP contribution in [0.2, 0.25) is 0 Å². The van der Waals surface area contributed by atoms with Crippen molar-refractivity contribution in [3.63, 3.8) is 0 Å². The molecule has 0 spiro atoms. The molecule has 0 amide bonds. The zero-order valence-electron chi connectivity index (χ0n) is 6.89. The zero-order valence-corrected chi connectivity index (χ0v) is 6.89. The first-order valence-electron chi connectivity index (χ1n) is 4.09. The van der Waals surface area contributed by atoms with Gasteiger partial charge in [0.2, 0.25) is 0 Å². The summed E-state index contributed by atoms with van der Waals surface area (Å²) in [5.41, 5.74) is 1.95. The fourth-order valence-corrected chi connectivity index (χ4v) is 1.60. The summed E-state index contributed by atoms with van der Waals surface area (Å²) in [6, 6.07) is 5.27. The lowest BCUT2D eigenvalue weighted by molar-refractivity contribution is -0.539. The van der Waals surface area contributed by atoms with E-state index in [-0.39, 0.29) is 5.82 Å². The standard InChI is InChI=1S/C10H11FN/c1-12-6-5-8-3-2-4-10(11)9(8)7-12/h2-4H,1,5-7H2/q+1. The molecule has 1 aromatic rings. The van der Waals surface area contributed by atoms with E-state index in [0.717, 1.165) is 24.1 Å². The van der Waals surface area contributed by atoms with Gasteiger partial charge in [-0.25, -0.2) is 8.97 Å². The Kier molecular flexibility index (Phi) is 1.68. The van der Waals surface area contributed by atoms with Crippen LogP contribution >= 0.6 is 0 Å². The molecule has 1 aromatic carbocycles. The highest BCUT2D eigenvalue weighted by molar-refractivity contribution is 5.30. The minimum Gasteiger partial charge on any atom is -0.237 e. The van der Waals surface area contributed by atoms with Crippen LogP contribution in [-0.4, -0.2) is 17.8 Å². The van der Waals surface area contributed by atoms with Crippen molar-refractivity contribution in [3.8, 4) is 0 Å². The smallest absolute Gasteiger partial charge is 0.170 e. The van der Waals surface area contributed by atoms with Crippen molar-refractivity contribution < 1.29 is 8.97 Å². The highest BCUT2D eigenvalue weighted by Gasteiger charge is 2.18. The van der Waals surface area contributed by atoms with Gasteiger partial charge in [0.05, 0.1) is 5.56 Å². The molecule has 1 heterocycles. The predicted molar refractivity (Wildman–Crippen MR) is 46.1 cm³/mol. The van der Waals surface area contributed by atoms with Gasteiger partial charge in [0.25, 0.3) is 0 Å². The molecule has 1 nitrogen and oxygen atoms in total. The molecule has 0 unspecified atom stereocenters. The molecular weight excluding hydrogens is 153 g/mol. The molecule has 12 heavy (non-hydrogen) atoms. The fourth-order valence-electron chi connectivity index (χ4n) is 1.60. The Hall–Kier alpha value is -1.18. The van der Waals surface area contributed by atoms with Gasteiger partial charge >= 0.3 is 0 Å². The first-order valence-corrected chi connectivity index (χ1v) is 4.09. The Bertz CT molecular complexity index is 331. The van der Waals surface area contributed by atoms with Gasteiger partial charge in [0, 0.05) is 6.42 Å². The van der Waals surface area contributed by atoms with E-state index in [1.165, 1.54) is 6.07 Å². The second-order valence-corrected chi connectivity index (χ2v) is 3.18. The van der Waals surface area contributed by atoms with Crippen LogP contribution in [-0.2, 0) is 13.0 Å². The van der Waals surface area contributed by atoms with Crippen LogP contribution in [0.5, 0.6) is 0 Å². The first-order chi connectivity index (χ1) is 5.77. The lowest BCUT2D eigenvalue weighted by Gasteiger charge is -2.13. The topological polar surface area (TPSA) is 3.01 Å². The number of fused-ring (bicyclic) bond motifs is 1. The summed E-state index contributed by atoms with van der Waals surface area (Å²) in [5, 5.41) is 0. The third kappa shape index (κ3) is 1.13. The van der Waals surface area contributed by atoms with Crippen molar-refractivity contribution in [1.82, 2.24) is 0 Å². The van der Waals surface area contributed by atoms with Crippen LogP contribution in [0.4, 0.5) is 4.39 Å². The molecular formula is C10H11FN+. The average molecular weight is 164 g/mol. The Morgan fingerprint density at radius 2 is 2.25 bits per heavy atom. The molecule has 1 aliphatic rings. The number of hydrogen-bond acceptors (Lipinski definition) is 0. The Labute approximate surface area is 71.2 Å². The number of halogens is 1. The molecule has 0 aromatic heterocycles. The van der Waals surface area contributed by atoms with E-state index in [9.17, 15) is 4.39 Å². The Balaban J connectivity index is 2.50. The van der Waals surface area contributed by atoms with Gasteiger partial charge in [-0.3, -0.25) is 0 Å². The van der Waals surface area contributed by atoms with Gasteiger partial charge in [-0.15, -0.1) is 0 Å². The van der Waals surface area contributed by atoms with Crippen LogP contribution < -0.4 is 0 Å². The van der Waals surface area contributed by atoms with E-state index >= 15 is 0 Å². The van der Waals surface area contributed by atoms with Crippen LogP contribution in [0.3, 0.4) is 0 Å². The maximum Gasteiger partial charge on any atom is 0.170 e. The van der Waals surface area contributed by atoms with Gasteiger partial charge in [-0.05, 0) is 11.6 Å². The summed E-state index contributed by atoms with van der Waals surface area (Å²) in [5.74, 6) is -0.0964. The molecule has 0 fully saturated rings. The molecule has 0 radical (unpaired) electrons. The molecule has 0 N–H and O–H groups in total. The van der Waals surface area contributed by atoms with Gasteiger partial charge in [0.1, 0.15) is 19.1 Å². The van der Waals surface area contributed by atoms with E-state index < -0.39 is 0 Å². The average Bonchev–Trinajstić information content (AvgIpc) is 2.07. The molecule has 2 heteroatoms. The van der Waals surface area contributed by atoms with Crippen LogP contribution in [0.25, 0.3) is 0 Å². The molecule has 62 valence electrons. The van der Waals surface area contributed by atoms with E-state index in [4.69, 9.17) is 0 Å². The van der Waals surface area contributed by atoms with E-state index in [1.54, 1.807) is 6.07 Å². The Morgan fingerprint density at radius 3 is 3.08 bits per heavy atom. The minimum atomic E-state index is -0.0964. The molecule has 0 saturated heterocycles. The first kappa shape index (κ1) is 7.47. The van der Waals surface area contributed by atoms with E-state index in [2.05, 4.69) is 6.72 Å². The zero-order chi connectivity index (χ0) is 8.55. The molecule has 2 rings (SSSR count). The van der Waals surface area contributed by atoms with Crippen molar-refractivity contribution >= 4 is 6.72 Å². The molecule has 0 bridgehead atoms. The summed E-state index contributed by atoms with van der Waals surface area (Å²) >= 11 is 0. The maximum atomic E-state index is 13.2. The van der Waals surface area contributed by atoms with Crippen LogP contribution in [0.15, 0.2) is 18.2 Å². The van der Waals surface area contributed by atoms with Crippen molar-refractivity contribution in [2.45, 2.75) is 13.0 Å². The number of nitrogens with zero attached hydrogens (tertiary/aromatic N) is 1. The van der Waals surface area contributed by atoms with Crippen molar-refractivity contribution in [2.75, 3.05) is 6.54 Å². The van der Waals surface area contributed by atoms with Gasteiger partial charge in [-0.2, -0.15) is 0 Å². The van der Waals surface area contributed by atoms with Crippen molar-refractivity contribution in [3.05, 3.63) is 35.1 Å². The largest absolute Gasteiger partial charge is 0.237 e. The second-order valence-electron chi connectivity index (χ2n) is 3.18. The Morgan fingerprint density at radius 1 is 1.42 bits per heavy atom. The summed E-state index contributed by atoms with van der Waals surface area (Å²) < 4.78 is 15.1. The van der Waals surface area contributed by atoms with Crippen molar-refractivity contribution in [2.24, 2.45) is 0 Å². The number of hydrogen-bond donors (Lipinski definition) is 0. The number of benzene rings is 1. The van der Waals surface area contributed by atoms with Crippen LogP contribution in [0, 0.1) is 5.82 Å². The normalized spacial score (nSPS) is 15.9.